The lowest BCUT2D eigenvalue weighted by atomic mass is 10.2. The van der Waals surface area contributed by atoms with Gasteiger partial charge in [-0.2, -0.15) is 0 Å². The Morgan fingerprint density at radius 3 is 2.80 bits per heavy atom. The predicted molar refractivity (Wildman–Crippen MR) is 66.5 cm³/mol. The van der Waals surface area contributed by atoms with Gasteiger partial charge in [-0.1, -0.05) is 31.9 Å². The van der Waals surface area contributed by atoms with E-state index in [4.69, 9.17) is 0 Å². The van der Waals surface area contributed by atoms with Crippen LogP contribution in [0.5, 0.6) is 5.75 Å². The molecule has 0 saturated carbocycles. The molecular weight excluding hydrogens is 326 g/mol. The third-order valence-electron chi connectivity index (χ3n) is 1.81. The van der Waals surface area contributed by atoms with E-state index in [1.54, 1.807) is 12.1 Å². The molecule has 0 spiro atoms. The summed E-state index contributed by atoms with van der Waals surface area (Å²) in [6, 6.07) is 4.82. The van der Waals surface area contributed by atoms with Gasteiger partial charge in [0.1, 0.15) is 5.75 Å². The number of phenols is 1. The van der Waals surface area contributed by atoms with Gasteiger partial charge in [0.2, 0.25) is 0 Å². The highest BCUT2D eigenvalue weighted by Crippen LogP contribution is 2.22. The molecule has 1 unspecified atom stereocenters. The highest BCUT2D eigenvalue weighted by Gasteiger charge is 2.12. The maximum Gasteiger partial charge on any atom is 0.255 e. The van der Waals surface area contributed by atoms with E-state index in [0.717, 1.165) is 4.47 Å². The van der Waals surface area contributed by atoms with Crippen LogP contribution in [0.4, 0.5) is 0 Å². The van der Waals surface area contributed by atoms with Gasteiger partial charge in [0.15, 0.2) is 0 Å². The van der Waals surface area contributed by atoms with Crippen LogP contribution in [-0.4, -0.2) is 22.4 Å². The Morgan fingerprint density at radius 2 is 2.27 bits per heavy atom. The second-order valence-corrected chi connectivity index (χ2v) is 4.75. The molecule has 1 aromatic carbocycles. The topological polar surface area (TPSA) is 49.3 Å². The lowest BCUT2D eigenvalue weighted by molar-refractivity contribution is 0.0941. The summed E-state index contributed by atoms with van der Waals surface area (Å²) < 4.78 is 0.741. The van der Waals surface area contributed by atoms with E-state index >= 15 is 0 Å². The van der Waals surface area contributed by atoms with Gasteiger partial charge >= 0.3 is 0 Å². The van der Waals surface area contributed by atoms with Gasteiger partial charge in [-0.15, -0.1) is 0 Å². The number of hydrogen-bond acceptors (Lipinski definition) is 2. The number of phenolic OH excluding ortho intramolecular Hbond substituents is 1. The molecule has 5 heteroatoms. The number of carbonyl (C=O) groups is 1. The fourth-order valence-electron chi connectivity index (χ4n) is 1.04. The molecule has 0 saturated heterocycles. The quantitative estimate of drug-likeness (QED) is 0.834. The minimum atomic E-state index is -0.271. The summed E-state index contributed by atoms with van der Waals surface area (Å²) in [7, 11) is 0. The van der Waals surface area contributed by atoms with Gasteiger partial charge in [0, 0.05) is 15.8 Å². The molecule has 1 amide bonds. The van der Waals surface area contributed by atoms with Gasteiger partial charge in [0.25, 0.3) is 5.91 Å². The van der Waals surface area contributed by atoms with Crippen molar-refractivity contribution in [3.63, 3.8) is 0 Å². The summed E-state index contributed by atoms with van der Waals surface area (Å²) in [5, 5.41) is 13.0. The minimum Gasteiger partial charge on any atom is -0.507 e. The Morgan fingerprint density at radius 1 is 1.60 bits per heavy atom. The van der Waals surface area contributed by atoms with Crippen LogP contribution in [-0.2, 0) is 0 Å². The van der Waals surface area contributed by atoms with Crippen LogP contribution >= 0.6 is 31.9 Å². The van der Waals surface area contributed by atoms with Crippen molar-refractivity contribution in [3.05, 3.63) is 28.2 Å². The first-order valence-electron chi connectivity index (χ1n) is 4.40. The number of rotatable bonds is 3. The van der Waals surface area contributed by atoms with E-state index in [1.165, 1.54) is 6.07 Å². The Balaban J connectivity index is 2.82. The number of amides is 1. The number of benzene rings is 1. The maximum atomic E-state index is 11.6. The van der Waals surface area contributed by atoms with Crippen molar-refractivity contribution in [1.82, 2.24) is 5.32 Å². The Kier molecular flexibility index (Phi) is 4.60. The van der Waals surface area contributed by atoms with Crippen LogP contribution in [0.2, 0.25) is 0 Å². The first-order valence-corrected chi connectivity index (χ1v) is 6.31. The molecule has 0 aromatic heterocycles. The second-order valence-electron chi connectivity index (χ2n) is 3.19. The molecule has 2 N–H and O–H groups in total. The minimum absolute atomic E-state index is 0.0244. The van der Waals surface area contributed by atoms with Crippen molar-refractivity contribution in [3.8, 4) is 5.75 Å². The lowest BCUT2D eigenvalue weighted by Crippen LogP contribution is -2.33. The fraction of sp³-hybridized carbons (Fsp3) is 0.300. The SMILES string of the molecule is CC(CBr)NC(=O)c1ccc(Br)cc1O. The predicted octanol–water partition coefficient (Wildman–Crippen LogP) is 2.67. The zero-order valence-electron chi connectivity index (χ0n) is 8.13. The Bertz CT molecular complexity index is 368. The Hall–Kier alpha value is -0.550. The number of hydrogen-bond donors (Lipinski definition) is 2. The van der Waals surface area contributed by atoms with E-state index in [1.807, 2.05) is 6.92 Å². The van der Waals surface area contributed by atoms with Gasteiger partial charge in [0.05, 0.1) is 5.56 Å². The number of alkyl halides is 1. The third-order valence-corrected chi connectivity index (χ3v) is 3.28. The van der Waals surface area contributed by atoms with E-state index in [2.05, 4.69) is 37.2 Å². The zero-order valence-corrected chi connectivity index (χ0v) is 11.3. The molecule has 0 fully saturated rings. The number of aromatic hydroxyl groups is 1. The first kappa shape index (κ1) is 12.5. The molecular formula is C10H11Br2NO2. The standard InChI is InChI=1S/C10H11Br2NO2/c1-6(5-11)13-10(15)8-3-2-7(12)4-9(8)14/h2-4,6,14H,5H2,1H3,(H,13,15). The molecule has 0 bridgehead atoms. The van der Waals surface area contributed by atoms with Crippen LogP contribution in [0.15, 0.2) is 22.7 Å². The average Bonchev–Trinajstić information content (AvgIpc) is 2.17. The summed E-state index contributed by atoms with van der Waals surface area (Å²) in [5.41, 5.74) is 0.283. The fourth-order valence-corrected chi connectivity index (χ4v) is 1.55. The summed E-state index contributed by atoms with van der Waals surface area (Å²) in [4.78, 5) is 11.6. The van der Waals surface area contributed by atoms with E-state index in [9.17, 15) is 9.90 Å². The van der Waals surface area contributed by atoms with Crippen molar-refractivity contribution in [2.24, 2.45) is 0 Å². The van der Waals surface area contributed by atoms with Crippen LogP contribution in [0.25, 0.3) is 0 Å². The second kappa shape index (κ2) is 5.51. The molecule has 0 aliphatic heterocycles. The molecule has 15 heavy (non-hydrogen) atoms. The van der Waals surface area contributed by atoms with E-state index in [0.29, 0.717) is 5.33 Å². The van der Waals surface area contributed by atoms with Crippen LogP contribution in [0.1, 0.15) is 17.3 Å². The number of carbonyl (C=O) groups excluding carboxylic acids is 1. The molecule has 0 aliphatic rings. The smallest absolute Gasteiger partial charge is 0.255 e. The average molecular weight is 337 g/mol. The normalized spacial score (nSPS) is 12.2. The Labute approximate surface area is 105 Å². The van der Waals surface area contributed by atoms with Crippen molar-refractivity contribution < 1.29 is 9.90 Å². The van der Waals surface area contributed by atoms with Crippen molar-refractivity contribution in [2.75, 3.05) is 5.33 Å². The van der Waals surface area contributed by atoms with Crippen molar-refractivity contribution >= 4 is 37.8 Å². The van der Waals surface area contributed by atoms with Crippen molar-refractivity contribution in [2.45, 2.75) is 13.0 Å². The molecule has 1 rings (SSSR count). The molecule has 1 aromatic rings. The molecule has 0 radical (unpaired) electrons. The summed E-state index contributed by atoms with van der Waals surface area (Å²) in [6.07, 6.45) is 0. The molecule has 82 valence electrons. The van der Waals surface area contributed by atoms with Crippen molar-refractivity contribution in [1.29, 1.82) is 0 Å². The molecule has 3 nitrogen and oxygen atoms in total. The maximum absolute atomic E-state index is 11.6. The number of nitrogens with one attached hydrogen (secondary N) is 1. The molecule has 0 aliphatic carbocycles. The molecule has 1 atom stereocenters. The number of halogens is 2. The molecule has 0 heterocycles. The van der Waals surface area contributed by atoms with Crippen LogP contribution < -0.4 is 5.32 Å². The zero-order chi connectivity index (χ0) is 11.4. The van der Waals surface area contributed by atoms with E-state index < -0.39 is 0 Å². The van der Waals surface area contributed by atoms with Gasteiger partial charge < -0.3 is 10.4 Å². The summed E-state index contributed by atoms with van der Waals surface area (Å²) in [6.45, 7) is 1.88. The summed E-state index contributed by atoms with van der Waals surface area (Å²) in [5.74, 6) is -0.296. The summed E-state index contributed by atoms with van der Waals surface area (Å²) >= 11 is 6.47. The van der Waals surface area contributed by atoms with Gasteiger partial charge in [-0.05, 0) is 25.1 Å². The largest absolute Gasteiger partial charge is 0.507 e. The van der Waals surface area contributed by atoms with Gasteiger partial charge in [-0.25, -0.2) is 0 Å². The highest BCUT2D eigenvalue weighted by molar-refractivity contribution is 9.10. The van der Waals surface area contributed by atoms with Gasteiger partial charge in [-0.3, -0.25) is 4.79 Å². The lowest BCUT2D eigenvalue weighted by Gasteiger charge is -2.11. The third kappa shape index (κ3) is 3.50. The van der Waals surface area contributed by atoms with Crippen LogP contribution in [0.3, 0.4) is 0 Å². The monoisotopic (exact) mass is 335 g/mol. The van der Waals surface area contributed by atoms with Crippen LogP contribution in [0, 0.1) is 0 Å². The highest BCUT2D eigenvalue weighted by atomic mass is 79.9. The first-order chi connectivity index (χ1) is 7.04. The van der Waals surface area contributed by atoms with E-state index in [-0.39, 0.29) is 23.3 Å².